The molecule has 0 N–H and O–H groups in total. The monoisotopic (exact) mass is 410 g/mol. The topological polar surface area (TPSA) is 50.5 Å². The number of hydrogen-bond donors (Lipinski definition) is 0. The lowest BCUT2D eigenvalue weighted by atomic mass is 9.98. The van der Waals surface area contributed by atoms with Gasteiger partial charge in [0.1, 0.15) is 0 Å². The highest BCUT2D eigenvalue weighted by Gasteiger charge is 2.33. The summed E-state index contributed by atoms with van der Waals surface area (Å²) in [6.07, 6.45) is 4.26. The molecule has 1 aromatic heterocycles. The Balaban J connectivity index is 1.59. The minimum absolute atomic E-state index is 0.0427. The lowest BCUT2D eigenvalue weighted by Gasteiger charge is -2.22. The van der Waals surface area contributed by atoms with Gasteiger partial charge in [-0.15, -0.1) is 0 Å². The predicted octanol–water partition coefficient (Wildman–Crippen LogP) is 4.54. The van der Waals surface area contributed by atoms with Crippen molar-refractivity contribution in [3.05, 3.63) is 83.1 Å². The van der Waals surface area contributed by atoms with E-state index in [4.69, 9.17) is 11.6 Å². The van der Waals surface area contributed by atoms with Crippen molar-refractivity contribution in [3.63, 3.8) is 0 Å². The van der Waals surface area contributed by atoms with Crippen LogP contribution in [0.3, 0.4) is 0 Å². The van der Waals surface area contributed by atoms with Crippen LogP contribution in [0.2, 0.25) is 5.02 Å². The average Bonchev–Trinajstić information content (AvgIpc) is 3.34. The van der Waals surface area contributed by atoms with Crippen LogP contribution in [0.5, 0.6) is 0 Å². The largest absolute Gasteiger partial charge is 0.329 e. The molecule has 0 fully saturated rings. The normalized spacial score (nSPS) is 16.3. The van der Waals surface area contributed by atoms with Crippen molar-refractivity contribution in [1.82, 2.24) is 14.6 Å². The van der Waals surface area contributed by atoms with Gasteiger partial charge in [-0.2, -0.15) is 5.10 Å². The van der Waals surface area contributed by atoms with Gasteiger partial charge in [0, 0.05) is 30.9 Å². The number of benzene rings is 2. The first-order chi connectivity index (χ1) is 13.6. The number of hydrazone groups is 1. The van der Waals surface area contributed by atoms with Crippen molar-refractivity contribution in [2.24, 2.45) is 12.1 Å². The lowest BCUT2D eigenvalue weighted by molar-refractivity contribution is -0.130. The number of halogens is 1. The number of carbonyl (C=O) groups excluding carboxylic acids is 1. The van der Waals surface area contributed by atoms with Crippen molar-refractivity contribution in [3.8, 4) is 0 Å². The van der Waals surface area contributed by atoms with Crippen molar-refractivity contribution in [1.29, 1.82) is 0 Å². The number of amides is 1. The summed E-state index contributed by atoms with van der Waals surface area (Å²) in [5, 5.41) is 7.78. The Labute approximate surface area is 173 Å². The zero-order chi connectivity index (χ0) is 19.5. The average molecular weight is 411 g/mol. The van der Waals surface area contributed by atoms with E-state index in [0.717, 1.165) is 22.0 Å². The Morgan fingerprint density at radius 2 is 1.93 bits per heavy atom. The molecule has 142 valence electrons. The van der Waals surface area contributed by atoms with Crippen LogP contribution in [0, 0.1) is 0 Å². The van der Waals surface area contributed by atoms with Gasteiger partial charge in [-0.25, -0.2) is 9.99 Å². The van der Waals surface area contributed by atoms with E-state index in [0.29, 0.717) is 11.4 Å². The maximum Gasteiger partial charge on any atom is 0.253 e. The fourth-order valence-corrected chi connectivity index (χ4v) is 4.08. The quantitative estimate of drug-likeness (QED) is 0.580. The fraction of sp³-hybridized carbons (Fsp3) is 0.190. The second-order valence-corrected chi connectivity index (χ2v) is 7.91. The molecule has 7 heteroatoms. The Hall–Kier alpha value is -2.57. The third kappa shape index (κ3) is 3.98. The fourth-order valence-electron chi connectivity index (χ4n) is 3.17. The van der Waals surface area contributed by atoms with Gasteiger partial charge in [0.05, 0.1) is 17.5 Å². The highest BCUT2D eigenvalue weighted by molar-refractivity contribution is 7.99. The molecule has 28 heavy (non-hydrogen) atoms. The third-order valence-corrected chi connectivity index (χ3v) is 5.92. The Morgan fingerprint density at radius 1 is 1.18 bits per heavy atom. The molecule has 2 aromatic carbocycles. The number of aryl methyl sites for hydroxylation is 1. The van der Waals surface area contributed by atoms with Crippen molar-refractivity contribution in [2.75, 3.05) is 5.75 Å². The molecule has 0 radical (unpaired) electrons. The molecule has 1 amide bonds. The number of carbonyl (C=O) groups is 1. The number of aromatic nitrogens is 2. The molecule has 5 nitrogen and oxygen atoms in total. The first-order valence-corrected chi connectivity index (χ1v) is 10.3. The molecule has 3 aromatic rings. The molecular formula is C21H19ClN4OS. The molecule has 0 saturated carbocycles. The maximum atomic E-state index is 13.0. The van der Waals surface area contributed by atoms with Gasteiger partial charge in [-0.3, -0.25) is 4.79 Å². The minimum atomic E-state index is -0.137. The summed E-state index contributed by atoms with van der Waals surface area (Å²) in [5.41, 5.74) is 2.97. The highest BCUT2D eigenvalue weighted by atomic mass is 35.5. The summed E-state index contributed by atoms with van der Waals surface area (Å²) in [5.74, 6) is 0.236. The zero-order valence-electron chi connectivity index (χ0n) is 15.3. The van der Waals surface area contributed by atoms with Gasteiger partial charge in [0.2, 0.25) is 0 Å². The number of thioether (sulfide) groups is 1. The van der Waals surface area contributed by atoms with Crippen LogP contribution >= 0.6 is 23.4 Å². The highest BCUT2D eigenvalue weighted by Crippen LogP contribution is 2.34. The van der Waals surface area contributed by atoms with Gasteiger partial charge in [-0.05, 0) is 23.3 Å². The second-order valence-electron chi connectivity index (χ2n) is 6.53. The molecule has 1 aliphatic rings. The SMILES string of the molecule is Cn1ccnc1SCC(=O)N1N=C(c2ccccc2)C[C@@H]1c1ccc(Cl)cc1. The van der Waals surface area contributed by atoms with Crippen LogP contribution in [0.1, 0.15) is 23.6 Å². The number of rotatable bonds is 5. The van der Waals surface area contributed by atoms with Crippen LogP contribution in [0.4, 0.5) is 0 Å². The molecule has 1 aliphatic heterocycles. The van der Waals surface area contributed by atoms with Crippen molar-refractivity contribution in [2.45, 2.75) is 17.6 Å². The molecule has 0 saturated heterocycles. The van der Waals surface area contributed by atoms with Crippen LogP contribution in [0.15, 0.2) is 77.2 Å². The van der Waals surface area contributed by atoms with E-state index in [2.05, 4.69) is 10.1 Å². The first-order valence-electron chi connectivity index (χ1n) is 8.92. The van der Waals surface area contributed by atoms with Crippen LogP contribution in [0.25, 0.3) is 0 Å². The number of hydrogen-bond acceptors (Lipinski definition) is 4. The van der Waals surface area contributed by atoms with E-state index >= 15 is 0 Å². The van der Waals surface area contributed by atoms with E-state index in [1.807, 2.05) is 72.4 Å². The Kier molecular flexibility index (Phi) is 5.50. The molecule has 1 atom stereocenters. The predicted molar refractivity (Wildman–Crippen MR) is 113 cm³/mol. The molecule has 0 spiro atoms. The van der Waals surface area contributed by atoms with Gasteiger partial charge < -0.3 is 4.57 Å². The van der Waals surface area contributed by atoms with E-state index in [1.165, 1.54) is 11.8 Å². The van der Waals surface area contributed by atoms with Crippen LogP contribution < -0.4 is 0 Å². The van der Waals surface area contributed by atoms with E-state index in [9.17, 15) is 4.79 Å². The van der Waals surface area contributed by atoms with Crippen LogP contribution in [-0.2, 0) is 11.8 Å². The van der Waals surface area contributed by atoms with Gasteiger partial charge >= 0.3 is 0 Å². The summed E-state index contributed by atoms with van der Waals surface area (Å²) in [7, 11) is 1.91. The van der Waals surface area contributed by atoms with E-state index in [1.54, 1.807) is 11.2 Å². The summed E-state index contributed by atoms with van der Waals surface area (Å²) < 4.78 is 1.90. The summed E-state index contributed by atoms with van der Waals surface area (Å²) in [4.78, 5) is 17.3. The van der Waals surface area contributed by atoms with Gasteiger partial charge in [-0.1, -0.05) is 65.8 Å². The molecule has 0 aliphatic carbocycles. The minimum Gasteiger partial charge on any atom is -0.329 e. The van der Waals surface area contributed by atoms with Gasteiger partial charge in [0.25, 0.3) is 5.91 Å². The number of nitrogens with zero attached hydrogens (tertiary/aromatic N) is 4. The summed E-state index contributed by atoms with van der Waals surface area (Å²) in [6, 6.07) is 17.5. The third-order valence-electron chi connectivity index (χ3n) is 4.63. The van der Waals surface area contributed by atoms with E-state index in [-0.39, 0.29) is 17.7 Å². The molecular weight excluding hydrogens is 392 g/mol. The van der Waals surface area contributed by atoms with Crippen molar-refractivity contribution < 1.29 is 4.79 Å². The summed E-state index contributed by atoms with van der Waals surface area (Å²) in [6.45, 7) is 0. The van der Waals surface area contributed by atoms with Crippen molar-refractivity contribution >= 4 is 35.0 Å². The molecule has 0 bridgehead atoms. The number of imidazole rings is 1. The molecule has 0 unspecified atom stereocenters. The van der Waals surface area contributed by atoms with Gasteiger partial charge in [0.15, 0.2) is 5.16 Å². The molecule has 4 rings (SSSR count). The molecule has 2 heterocycles. The maximum absolute atomic E-state index is 13.0. The Morgan fingerprint density at radius 3 is 2.61 bits per heavy atom. The first kappa shape index (κ1) is 18.8. The Bertz CT molecular complexity index is 1000. The van der Waals surface area contributed by atoms with Crippen LogP contribution in [-0.4, -0.2) is 31.9 Å². The zero-order valence-corrected chi connectivity index (χ0v) is 16.9. The summed E-state index contributed by atoms with van der Waals surface area (Å²) >= 11 is 7.46. The smallest absolute Gasteiger partial charge is 0.253 e. The second kappa shape index (κ2) is 8.20. The van der Waals surface area contributed by atoms with E-state index < -0.39 is 0 Å². The lowest BCUT2D eigenvalue weighted by Crippen LogP contribution is -2.28. The standard InChI is InChI=1S/C21H19ClN4OS/c1-25-12-11-23-21(25)28-14-20(27)26-19(16-7-9-17(22)10-8-16)13-18(24-26)15-5-3-2-4-6-15/h2-12,19H,13-14H2,1H3/t19-/m1/s1.